The number of carbonyl (C=O) groups excluding carboxylic acids is 1. The largest absolute Gasteiger partial charge is 0.394 e. The fourth-order valence-corrected chi connectivity index (χ4v) is 7.22. The fourth-order valence-electron chi connectivity index (χ4n) is 7.22. The molecule has 330 valence electrons. The second-order valence-electron chi connectivity index (χ2n) is 15.7. The highest BCUT2D eigenvalue weighted by molar-refractivity contribution is 5.93. The van der Waals surface area contributed by atoms with Gasteiger partial charge in [-0.05, 0) is 42.1 Å². The number of ether oxygens (including phenoxy) is 2. The number of hydrogen-bond acceptors (Lipinski definition) is 14. The molecule has 16 heteroatoms. The van der Waals surface area contributed by atoms with Gasteiger partial charge in [0.05, 0.1) is 36.0 Å². The van der Waals surface area contributed by atoms with Crippen LogP contribution in [-0.4, -0.2) is 109 Å². The molecular weight excluding hydrogens is 750 g/mol. The first-order valence-electron chi connectivity index (χ1n) is 21.9. The maximum atomic E-state index is 13.0. The average molecular weight is 822 g/mol. The van der Waals surface area contributed by atoms with Crippen LogP contribution >= 0.6 is 0 Å². The van der Waals surface area contributed by atoms with Crippen LogP contribution in [-0.2, 0) is 14.3 Å². The molecule has 1 saturated heterocycles. The Labute approximate surface area is 343 Å². The Hall–Kier alpha value is -3.25. The zero-order valence-electron chi connectivity index (χ0n) is 34.6. The molecule has 1 aromatic carbocycles. The van der Waals surface area contributed by atoms with Gasteiger partial charge < -0.3 is 45.6 Å². The van der Waals surface area contributed by atoms with Gasteiger partial charge in [0.25, 0.3) is 0 Å². The van der Waals surface area contributed by atoms with Crippen LogP contribution in [0, 0.1) is 10.1 Å². The average Bonchev–Trinajstić information content (AvgIpc) is 3.71. The van der Waals surface area contributed by atoms with Crippen molar-refractivity contribution in [3.8, 4) is 0 Å². The maximum absolute atomic E-state index is 13.0. The van der Waals surface area contributed by atoms with Gasteiger partial charge in [0.15, 0.2) is 11.8 Å². The molecule has 7 N–H and O–H groups in total. The molecule has 0 bridgehead atoms. The first kappa shape index (κ1) is 49.1. The van der Waals surface area contributed by atoms with Gasteiger partial charge in [-0.1, -0.05) is 128 Å². The van der Waals surface area contributed by atoms with E-state index in [-0.39, 0.29) is 30.1 Å². The number of unbranched alkanes of at least 4 members (excludes halogenated alkanes) is 19. The van der Waals surface area contributed by atoms with E-state index in [4.69, 9.17) is 14.1 Å². The molecule has 1 aromatic heterocycles. The SMILES string of the molecule is CCCCCCCCCCCCC/C=C/[C@@H](O)[C@H](CO[C@@H]1O[C@H](CO)[C@H](O)[C@H](O)[C@H]1O)NC(=O)CCCCCCCCCCCNc1ccc([N+](=O)[O-])c2nonc12. The number of benzene rings is 1. The number of nitrogens with zero attached hydrogens (tertiary/aromatic N) is 3. The van der Waals surface area contributed by atoms with E-state index in [1.165, 1.54) is 63.9 Å². The summed E-state index contributed by atoms with van der Waals surface area (Å²) in [7, 11) is 0. The number of fused-ring (bicyclic) bond motifs is 1. The van der Waals surface area contributed by atoms with E-state index < -0.39 is 54.4 Å². The molecule has 2 heterocycles. The predicted molar refractivity (Wildman–Crippen MR) is 221 cm³/mol. The van der Waals surface area contributed by atoms with E-state index in [2.05, 4.69) is 27.9 Å². The van der Waals surface area contributed by atoms with E-state index in [1.807, 2.05) is 6.08 Å². The maximum Gasteiger partial charge on any atom is 0.300 e. The summed E-state index contributed by atoms with van der Waals surface area (Å²) in [5, 5.41) is 76.0. The van der Waals surface area contributed by atoms with Crippen LogP contribution < -0.4 is 10.6 Å². The van der Waals surface area contributed by atoms with Gasteiger partial charge in [-0.15, -0.1) is 0 Å². The topological polar surface area (TPSA) is 243 Å². The number of nitrogens with one attached hydrogen (secondary N) is 2. The molecule has 0 saturated carbocycles. The highest BCUT2D eigenvalue weighted by atomic mass is 16.7. The van der Waals surface area contributed by atoms with E-state index in [0.29, 0.717) is 24.2 Å². The van der Waals surface area contributed by atoms with Gasteiger partial charge in [0.1, 0.15) is 24.4 Å². The van der Waals surface area contributed by atoms with Crippen LogP contribution in [0.15, 0.2) is 28.9 Å². The zero-order valence-corrected chi connectivity index (χ0v) is 34.6. The molecule has 0 aliphatic carbocycles. The van der Waals surface area contributed by atoms with Crippen molar-refractivity contribution >= 4 is 28.3 Å². The summed E-state index contributed by atoms with van der Waals surface area (Å²) in [6.07, 6.45) is 19.1. The van der Waals surface area contributed by atoms with E-state index in [9.17, 15) is 40.4 Å². The summed E-state index contributed by atoms with van der Waals surface area (Å²) in [6.45, 7) is 2.12. The molecule has 58 heavy (non-hydrogen) atoms. The van der Waals surface area contributed by atoms with E-state index >= 15 is 0 Å². The molecule has 1 fully saturated rings. The van der Waals surface area contributed by atoms with Crippen molar-refractivity contribution in [3.63, 3.8) is 0 Å². The summed E-state index contributed by atoms with van der Waals surface area (Å²) >= 11 is 0. The van der Waals surface area contributed by atoms with Crippen LogP contribution in [0.1, 0.15) is 148 Å². The van der Waals surface area contributed by atoms with Crippen LogP contribution in [0.2, 0.25) is 0 Å². The van der Waals surface area contributed by atoms with E-state index in [0.717, 1.165) is 70.6 Å². The predicted octanol–water partition coefficient (Wildman–Crippen LogP) is 6.36. The quantitative estimate of drug-likeness (QED) is 0.0179. The summed E-state index contributed by atoms with van der Waals surface area (Å²) in [5.74, 6) is -0.233. The summed E-state index contributed by atoms with van der Waals surface area (Å²) in [5.41, 5.74) is 0.999. The number of nitro groups is 1. The molecule has 0 radical (unpaired) electrons. The number of nitro benzene ring substituents is 1. The molecule has 3 rings (SSSR count). The Morgan fingerprint density at radius 2 is 1.43 bits per heavy atom. The van der Waals surface area contributed by atoms with Gasteiger partial charge in [-0.3, -0.25) is 14.9 Å². The van der Waals surface area contributed by atoms with Crippen LogP contribution in [0.4, 0.5) is 11.4 Å². The third kappa shape index (κ3) is 17.9. The second kappa shape index (κ2) is 29.1. The van der Waals surface area contributed by atoms with E-state index in [1.54, 1.807) is 12.1 Å². The lowest BCUT2D eigenvalue weighted by molar-refractivity contribution is -0.383. The number of allylic oxidation sites excluding steroid dienone is 1. The minimum absolute atomic E-state index is 0.131. The lowest BCUT2D eigenvalue weighted by Crippen LogP contribution is -2.60. The number of carbonyl (C=O) groups is 1. The molecule has 16 nitrogen and oxygen atoms in total. The van der Waals surface area contributed by atoms with Crippen molar-refractivity contribution in [1.82, 2.24) is 15.6 Å². The van der Waals surface area contributed by atoms with Gasteiger partial charge in [0, 0.05) is 19.0 Å². The van der Waals surface area contributed by atoms with Crippen molar-refractivity contribution < 1.29 is 49.4 Å². The minimum atomic E-state index is -1.59. The molecule has 1 aliphatic heterocycles. The number of anilines is 1. The van der Waals surface area contributed by atoms with Gasteiger partial charge in [-0.25, -0.2) is 4.63 Å². The molecule has 2 aromatic rings. The standard InChI is InChI=1S/C42H71N5O11/c1-2-3-4-5-6-7-8-9-10-12-15-18-21-24-34(49)32(30-56-42-41(53)40(52)39(51)35(29-48)57-42)44-36(50)25-22-19-16-13-11-14-17-20-23-28-43-31-26-27-33(47(54)55)38-37(31)45-58-46-38/h21,24,26-27,32,34-35,39-43,48-49,51-53H,2-20,22-23,25,28-30H2,1H3,(H,44,50)/b24-21+/t32-,34+,35+,39-,40-,41+,42+/m0/s1. The lowest BCUT2D eigenvalue weighted by atomic mass is 9.99. The molecule has 0 unspecified atom stereocenters. The second-order valence-corrected chi connectivity index (χ2v) is 15.7. The summed E-state index contributed by atoms with van der Waals surface area (Å²) < 4.78 is 15.9. The van der Waals surface area contributed by atoms with Gasteiger partial charge >= 0.3 is 5.69 Å². The third-order valence-electron chi connectivity index (χ3n) is 10.8. The highest BCUT2D eigenvalue weighted by Gasteiger charge is 2.44. The third-order valence-corrected chi connectivity index (χ3v) is 10.8. The van der Waals surface area contributed by atoms with Crippen LogP contribution in [0.5, 0.6) is 0 Å². The Balaban J connectivity index is 1.30. The summed E-state index contributed by atoms with van der Waals surface area (Å²) in [4.78, 5) is 23.6. The van der Waals surface area contributed by atoms with Crippen molar-refractivity contribution in [1.29, 1.82) is 0 Å². The van der Waals surface area contributed by atoms with Crippen molar-refractivity contribution in [2.24, 2.45) is 0 Å². The number of aromatic nitrogens is 2. The van der Waals surface area contributed by atoms with Gasteiger partial charge in [0.2, 0.25) is 11.4 Å². The number of hydrogen-bond donors (Lipinski definition) is 7. The van der Waals surface area contributed by atoms with Crippen LogP contribution in [0.3, 0.4) is 0 Å². The Morgan fingerprint density at radius 3 is 2.05 bits per heavy atom. The number of rotatable bonds is 33. The fraction of sp³-hybridized carbons (Fsp3) is 0.786. The smallest absolute Gasteiger partial charge is 0.300 e. The number of aliphatic hydroxyl groups excluding tert-OH is 5. The first-order valence-corrected chi connectivity index (χ1v) is 21.9. The highest BCUT2D eigenvalue weighted by Crippen LogP contribution is 2.29. The van der Waals surface area contributed by atoms with Crippen molar-refractivity contribution in [3.05, 3.63) is 34.4 Å². The Bertz CT molecular complexity index is 1440. The number of aliphatic hydroxyl groups is 5. The molecule has 1 aliphatic rings. The summed E-state index contributed by atoms with van der Waals surface area (Å²) in [6, 6.07) is 2.17. The van der Waals surface area contributed by atoms with Crippen molar-refractivity contribution in [2.75, 3.05) is 25.1 Å². The number of non-ortho nitro benzene ring substituents is 1. The Kier molecular flexibility index (Phi) is 24.6. The first-order chi connectivity index (χ1) is 28.2. The Morgan fingerprint density at radius 1 is 0.845 bits per heavy atom. The van der Waals surface area contributed by atoms with Crippen LogP contribution in [0.25, 0.3) is 11.0 Å². The molecule has 1 amide bonds. The van der Waals surface area contributed by atoms with Gasteiger partial charge in [-0.2, -0.15) is 0 Å². The molecule has 0 spiro atoms. The lowest BCUT2D eigenvalue weighted by Gasteiger charge is -2.40. The minimum Gasteiger partial charge on any atom is -0.394 e. The molecular formula is C42H71N5O11. The monoisotopic (exact) mass is 822 g/mol. The number of amides is 1. The zero-order chi connectivity index (χ0) is 42.0. The van der Waals surface area contributed by atoms with Crippen molar-refractivity contribution in [2.45, 2.75) is 191 Å². The molecule has 7 atom stereocenters. The normalized spacial score (nSPS) is 20.8.